The summed E-state index contributed by atoms with van der Waals surface area (Å²) in [6, 6.07) is 0. The van der Waals surface area contributed by atoms with Gasteiger partial charge in [-0.25, -0.2) is 0 Å². The van der Waals surface area contributed by atoms with Gasteiger partial charge in [0.2, 0.25) is 0 Å². The van der Waals surface area contributed by atoms with Gasteiger partial charge in [-0.15, -0.1) is 0 Å². The van der Waals surface area contributed by atoms with Crippen molar-refractivity contribution in [2.24, 2.45) is 0 Å². The molecule has 0 heterocycles. The summed E-state index contributed by atoms with van der Waals surface area (Å²) in [4.78, 5) is 0. The summed E-state index contributed by atoms with van der Waals surface area (Å²) in [6.07, 6.45) is 0.704. The molecule has 1 N–H and O–H groups in total. The third-order valence-corrected chi connectivity index (χ3v) is 1.17. The Morgan fingerprint density at radius 2 is 2.38 bits per heavy atom. The van der Waals surface area contributed by atoms with Gasteiger partial charge in [-0.05, 0) is 12.2 Å². The van der Waals surface area contributed by atoms with Gasteiger partial charge in [0.05, 0.1) is 6.61 Å². The maximum atomic E-state index is 9.74. The van der Waals surface area contributed by atoms with E-state index in [-0.39, 0.29) is 0 Å². The molecule has 1 unspecified atom stereocenters. The summed E-state index contributed by atoms with van der Waals surface area (Å²) in [6.45, 7) is 0.298. The molecule has 0 spiro atoms. The molecule has 0 aromatic heterocycles. The van der Waals surface area contributed by atoms with Crippen LogP contribution >= 0.6 is 12.6 Å². The molecular formula is C3H8O3S2. The average Bonchev–Trinajstić information content (AvgIpc) is 1.66. The second-order valence-electron chi connectivity index (χ2n) is 1.12. The van der Waals surface area contributed by atoms with Gasteiger partial charge >= 0.3 is 11.4 Å². The van der Waals surface area contributed by atoms with Crippen molar-refractivity contribution >= 4 is 24.0 Å². The van der Waals surface area contributed by atoms with E-state index in [1.165, 1.54) is 0 Å². The van der Waals surface area contributed by atoms with Crippen molar-refractivity contribution in [3.8, 4) is 0 Å². The fourth-order valence-electron chi connectivity index (χ4n) is 0.195. The van der Waals surface area contributed by atoms with E-state index in [2.05, 4.69) is 16.8 Å². The minimum atomic E-state index is -2.10. The summed E-state index contributed by atoms with van der Waals surface area (Å²) in [5, 5.41) is 0. The molecule has 3 nitrogen and oxygen atoms in total. The number of hydrogen-bond acceptors (Lipinski definition) is 3. The maximum absolute atomic E-state index is 9.74. The van der Waals surface area contributed by atoms with E-state index in [1.54, 1.807) is 0 Å². The molecule has 0 fully saturated rings. The molecule has 8 heavy (non-hydrogen) atoms. The number of hydrogen-bond donors (Lipinski definition) is 2. The fourth-order valence-corrected chi connectivity index (χ4v) is 0.584. The SMILES string of the molecule is O=S(O)OCCCS. The Bertz CT molecular complexity index is 74.9. The molecule has 0 aliphatic heterocycles. The van der Waals surface area contributed by atoms with Crippen LogP contribution in [0.1, 0.15) is 6.42 Å². The summed E-state index contributed by atoms with van der Waals surface area (Å²) in [7, 11) is 0. The molecule has 1 atom stereocenters. The molecule has 0 aromatic rings. The molecule has 0 aliphatic carbocycles. The van der Waals surface area contributed by atoms with Gasteiger partial charge < -0.3 is 0 Å². The Labute approximate surface area is 56.3 Å². The monoisotopic (exact) mass is 156 g/mol. The molecule has 0 saturated heterocycles. The van der Waals surface area contributed by atoms with Crippen LogP contribution in [0.2, 0.25) is 0 Å². The van der Waals surface area contributed by atoms with Crippen molar-refractivity contribution in [3.05, 3.63) is 0 Å². The molecule has 0 saturated carbocycles. The molecule has 0 rings (SSSR count). The lowest BCUT2D eigenvalue weighted by Gasteiger charge is -1.92. The van der Waals surface area contributed by atoms with Crippen molar-refractivity contribution in [2.45, 2.75) is 6.42 Å². The summed E-state index contributed by atoms with van der Waals surface area (Å²) < 4.78 is 22.0. The fraction of sp³-hybridized carbons (Fsp3) is 1.00. The minimum absolute atomic E-state index is 0.298. The van der Waals surface area contributed by atoms with E-state index in [0.717, 1.165) is 0 Å². The first kappa shape index (κ1) is 8.42. The first-order valence-corrected chi connectivity index (χ1v) is 3.79. The van der Waals surface area contributed by atoms with E-state index in [0.29, 0.717) is 18.8 Å². The standard InChI is InChI=1S/C3H8O3S2/c4-8(5)6-2-1-3-7/h7H,1-3H2,(H,4,5). The van der Waals surface area contributed by atoms with E-state index in [9.17, 15) is 4.21 Å². The Morgan fingerprint density at radius 1 is 1.75 bits per heavy atom. The first-order chi connectivity index (χ1) is 3.77. The van der Waals surface area contributed by atoms with E-state index in [4.69, 9.17) is 4.55 Å². The second kappa shape index (κ2) is 5.55. The van der Waals surface area contributed by atoms with Crippen LogP contribution in [0.25, 0.3) is 0 Å². The Balaban J connectivity index is 2.82. The highest BCUT2D eigenvalue weighted by Gasteiger charge is 1.89. The van der Waals surface area contributed by atoms with Crippen LogP contribution in [0.5, 0.6) is 0 Å². The normalized spacial score (nSPS) is 13.8. The third kappa shape index (κ3) is 6.42. The van der Waals surface area contributed by atoms with Gasteiger partial charge in [0.1, 0.15) is 0 Å². The van der Waals surface area contributed by atoms with Crippen molar-refractivity contribution < 1.29 is 12.9 Å². The number of rotatable bonds is 4. The molecular weight excluding hydrogens is 148 g/mol. The van der Waals surface area contributed by atoms with Gasteiger partial charge in [-0.1, -0.05) is 0 Å². The topological polar surface area (TPSA) is 46.5 Å². The molecule has 0 bridgehead atoms. The van der Waals surface area contributed by atoms with Gasteiger partial charge in [0, 0.05) is 0 Å². The maximum Gasteiger partial charge on any atom is 0.301 e. The van der Waals surface area contributed by atoms with Crippen molar-refractivity contribution in [3.63, 3.8) is 0 Å². The summed E-state index contributed by atoms with van der Waals surface area (Å²) in [5.41, 5.74) is 0. The van der Waals surface area contributed by atoms with Crippen LogP contribution in [0.15, 0.2) is 0 Å². The van der Waals surface area contributed by atoms with Gasteiger partial charge in [0.15, 0.2) is 0 Å². The average molecular weight is 156 g/mol. The van der Waals surface area contributed by atoms with Gasteiger partial charge in [-0.2, -0.15) is 16.8 Å². The predicted octanol–water partition coefficient (Wildman–Crippen LogP) is 0.460. The predicted molar refractivity (Wildman–Crippen MR) is 35.2 cm³/mol. The molecule has 0 aromatic carbocycles. The minimum Gasteiger partial charge on any atom is -0.284 e. The van der Waals surface area contributed by atoms with Crippen LogP contribution < -0.4 is 0 Å². The highest BCUT2D eigenvalue weighted by Crippen LogP contribution is 1.86. The molecule has 5 heteroatoms. The quantitative estimate of drug-likeness (QED) is 0.353. The lowest BCUT2D eigenvalue weighted by Crippen LogP contribution is -1.97. The highest BCUT2D eigenvalue weighted by atomic mass is 32.2. The largest absolute Gasteiger partial charge is 0.301 e. The van der Waals surface area contributed by atoms with Crippen molar-refractivity contribution in [1.29, 1.82) is 0 Å². The van der Waals surface area contributed by atoms with Crippen LogP contribution in [0.4, 0.5) is 0 Å². The van der Waals surface area contributed by atoms with Crippen molar-refractivity contribution in [1.82, 2.24) is 0 Å². The third-order valence-electron chi connectivity index (χ3n) is 0.487. The Kier molecular flexibility index (Phi) is 5.85. The molecule has 50 valence electrons. The van der Waals surface area contributed by atoms with Crippen LogP contribution in [-0.2, 0) is 15.5 Å². The summed E-state index contributed by atoms with van der Waals surface area (Å²) >= 11 is 1.76. The molecule has 0 radical (unpaired) electrons. The van der Waals surface area contributed by atoms with Crippen LogP contribution in [-0.4, -0.2) is 21.1 Å². The lowest BCUT2D eigenvalue weighted by molar-refractivity contribution is 0.308. The van der Waals surface area contributed by atoms with Crippen LogP contribution in [0.3, 0.4) is 0 Å². The Hall–Kier alpha value is 0.420. The van der Waals surface area contributed by atoms with E-state index >= 15 is 0 Å². The molecule has 0 aliphatic rings. The van der Waals surface area contributed by atoms with Crippen molar-refractivity contribution in [2.75, 3.05) is 12.4 Å². The zero-order chi connectivity index (χ0) is 6.41. The smallest absolute Gasteiger partial charge is 0.284 e. The number of thiol groups is 1. The summed E-state index contributed by atoms with van der Waals surface area (Å²) in [5.74, 6) is 0.678. The highest BCUT2D eigenvalue weighted by molar-refractivity contribution is 7.80. The molecule has 0 amide bonds. The zero-order valence-corrected chi connectivity index (χ0v) is 5.95. The van der Waals surface area contributed by atoms with Gasteiger partial charge in [-0.3, -0.25) is 8.74 Å². The second-order valence-corrected chi connectivity index (χ2v) is 2.23. The van der Waals surface area contributed by atoms with E-state index < -0.39 is 11.4 Å². The van der Waals surface area contributed by atoms with Crippen LogP contribution in [0, 0.1) is 0 Å². The first-order valence-electron chi connectivity index (χ1n) is 2.12. The Morgan fingerprint density at radius 3 is 2.75 bits per heavy atom. The zero-order valence-electron chi connectivity index (χ0n) is 4.24. The lowest BCUT2D eigenvalue weighted by atomic mass is 10.5. The van der Waals surface area contributed by atoms with E-state index in [1.807, 2.05) is 0 Å². The van der Waals surface area contributed by atoms with Gasteiger partial charge in [0.25, 0.3) is 0 Å².